The van der Waals surface area contributed by atoms with Crippen LogP contribution in [0.1, 0.15) is 54.2 Å². The lowest BCUT2D eigenvalue weighted by Gasteiger charge is -2.14. The van der Waals surface area contributed by atoms with E-state index >= 15 is 0 Å². The molecule has 5 heteroatoms. The Morgan fingerprint density at radius 3 is 2.45 bits per heavy atom. The van der Waals surface area contributed by atoms with Gasteiger partial charge in [0.2, 0.25) is 0 Å². The molecule has 0 bridgehead atoms. The van der Waals surface area contributed by atoms with Crippen molar-refractivity contribution in [2.75, 3.05) is 6.54 Å². The Balaban J connectivity index is 1.91. The fraction of sp³-hybridized carbons (Fsp3) is 0.412. The first kappa shape index (κ1) is 16.2. The van der Waals surface area contributed by atoms with Crippen LogP contribution in [0, 0.1) is 0 Å². The average Bonchev–Trinajstić information content (AvgIpc) is 3.01. The highest BCUT2D eigenvalue weighted by Crippen LogP contribution is 2.17. The van der Waals surface area contributed by atoms with Crippen LogP contribution in [0.3, 0.4) is 0 Å². The van der Waals surface area contributed by atoms with Crippen LogP contribution < -0.4 is 11.1 Å². The molecule has 2 rings (SSSR count). The zero-order valence-electron chi connectivity index (χ0n) is 13.4. The predicted molar refractivity (Wildman–Crippen MR) is 87.7 cm³/mol. The molecule has 1 unspecified atom stereocenters. The maximum absolute atomic E-state index is 12.0. The van der Waals surface area contributed by atoms with Gasteiger partial charge in [-0.1, -0.05) is 38.1 Å². The molecular weight excluding hydrogens is 276 g/mol. The van der Waals surface area contributed by atoms with E-state index < -0.39 is 0 Å². The summed E-state index contributed by atoms with van der Waals surface area (Å²) in [5.41, 5.74) is 9.01. The Labute approximate surface area is 131 Å². The van der Waals surface area contributed by atoms with Crippen molar-refractivity contribution in [2.45, 2.75) is 39.3 Å². The number of hydrogen-bond acceptors (Lipinski definition) is 3. The summed E-state index contributed by atoms with van der Waals surface area (Å²) in [6.07, 6.45) is 3.31. The highest BCUT2D eigenvalue weighted by atomic mass is 16.1. The summed E-state index contributed by atoms with van der Waals surface area (Å²) in [5.74, 6) is 0.356. The topological polar surface area (TPSA) is 72.9 Å². The fourth-order valence-corrected chi connectivity index (χ4v) is 2.20. The number of carbonyl (C=O) groups is 1. The molecule has 1 heterocycles. The summed E-state index contributed by atoms with van der Waals surface area (Å²) in [4.78, 5) is 12.0. The number of rotatable bonds is 6. The number of amides is 1. The number of benzene rings is 1. The van der Waals surface area contributed by atoms with Crippen LogP contribution in [-0.2, 0) is 6.54 Å². The third-order valence-corrected chi connectivity index (χ3v) is 3.73. The van der Waals surface area contributed by atoms with E-state index in [4.69, 9.17) is 5.73 Å². The molecule has 0 radical (unpaired) electrons. The molecule has 3 N–H and O–H groups in total. The van der Waals surface area contributed by atoms with Crippen molar-refractivity contribution in [1.82, 2.24) is 15.1 Å². The zero-order valence-corrected chi connectivity index (χ0v) is 13.4. The molecule has 22 heavy (non-hydrogen) atoms. The highest BCUT2D eigenvalue weighted by molar-refractivity contribution is 5.93. The first-order chi connectivity index (χ1) is 10.5. The van der Waals surface area contributed by atoms with Crippen LogP contribution in [0.5, 0.6) is 0 Å². The minimum absolute atomic E-state index is 0.144. The molecule has 1 atom stereocenters. The predicted octanol–water partition coefficient (Wildman–Crippen LogP) is 2.46. The smallest absolute Gasteiger partial charge is 0.254 e. The normalized spacial score (nSPS) is 12.4. The van der Waals surface area contributed by atoms with Crippen molar-refractivity contribution in [2.24, 2.45) is 5.73 Å². The lowest BCUT2D eigenvalue weighted by Crippen LogP contribution is -2.31. The monoisotopic (exact) mass is 300 g/mol. The van der Waals surface area contributed by atoms with Gasteiger partial charge in [-0.25, -0.2) is 0 Å². The van der Waals surface area contributed by atoms with E-state index in [1.807, 2.05) is 19.1 Å². The van der Waals surface area contributed by atoms with Crippen molar-refractivity contribution in [3.63, 3.8) is 0 Å². The van der Waals surface area contributed by atoms with Crippen LogP contribution in [-0.4, -0.2) is 22.2 Å². The number of aromatic nitrogens is 2. The van der Waals surface area contributed by atoms with Crippen LogP contribution in [0.4, 0.5) is 0 Å². The first-order valence-electron chi connectivity index (χ1n) is 7.67. The van der Waals surface area contributed by atoms with E-state index in [0.717, 1.165) is 12.1 Å². The van der Waals surface area contributed by atoms with Gasteiger partial charge in [0, 0.05) is 25.3 Å². The molecule has 0 aliphatic heterocycles. The van der Waals surface area contributed by atoms with Gasteiger partial charge in [0.1, 0.15) is 0 Å². The van der Waals surface area contributed by atoms with Gasteiger partial charge in [0.15, 0.2) is 0 Å². The second-order valence-electron chi connectivity index (χ2n) is 5.72. The SMILES string of the molecule is CCn1cc(C(=O)NCC(N)c2ccc(C(C)C)cc2)cn1. The number of hydrogen-bond donors (Lipinski definition) is 2. The Hall–Kier alpha value is -2.14. The van der Waals surface area contributed by atoms with Gasteiger partial charge in [-0.3, -0.25) is 9.48 Å². The third kappa shape index (κ3) is 3.95. The Kier molecular flexibility index (Phi) is 5.33. The summed E-state index contributed by atoms with van der Waals surface area (Å²) in [6, 6.07) is 8.02. The van der Waals surface area contributed by atoms with Crippen molar-refractivity contribution in [1.29, 1.82) is 0 Å². The van der Waals surface area contributed by atoms with Crippen molar-refractivity contribution >= 4 is 5.91 Å². The highest BCUT2D eigenvalue weighted by Gasteiger charge is 2.11. The molecule has 1 aromatic carbocycles. The number of aryl methyl sites for hydroxylation is 1. The Morgan fingerprint density at radius 2 is 1.91 bits per heavy atom. The van der Waals surface area contributed by atoms with Crippen LogP contribution in [0.25, 0.3) is 0 Å². The van der Waals surface area contributed by atoms with Crippen LogP contribution in [0.15, 0.2) is 36.7 Å². The molecule has 1 amide bonds. The molecule has 5 nitrogen and oxygen atoms in total. The van der Waals surface area contributed by atoms with Gasteiger partial charge >= 0.3 is 0 Å². The molecule has 0 fully saturated rings. The standard InChI is InChI=1S/C17H24N4O/c1-4-21-11-15(9-20-21)17(22)19-10-16(18)14-7-5-13(6-8-14)12(2)3/h5-9,11-12,16H,4,10,18H2,1-3H3,(H,19,22). The zero-order chi connectivity index (χ0) is 16.1. The van der Waals surface area contributed by atoms with E-state index in [9.17, 15) is 4.79 Å². The molecule has 0 aliphatic rings. The second kappa shape index (κ2) is 7.22. The van der Waals surface area contributed by atoms with Crippen molar-refractivity contribution < 1.29 is 4.79 Å². The van der Waals surface area contributed by atoms with Crippen LogP contribution in [0.2, 0.25) is 0 Å². The number of nitrogens with two attached hydrogens (primary N) is 1. The molecule has 2 aromatic rings. The van der Waals surface area contributed by atoms with Gasteiger partial charge in [0.05, 0.1) is 11.8 Å². The van der Waals surface area contributed by atoms with Gasteiger partial charge in [-0.15, -0.1) is 0 Å². The number of nitrogens with one attached hydrogen (secondary N) is 1. The van der Waals surface area contributed by atoms with E-state index in [-0.39, 0.29) is 11.9 Å². The number of nitrogens with zero attached hydrogens (tertiary/aromatic N) is 2. The fourth-order valence-electron chi connectivity index (χ4n) is 2.20. The molecular formula is C17H24N4O. The largest absolute Gasteiger partial charge is 0.350 e. The summed E-state index contributed by atoms with van der Waals surface area (Å²) in [7, 11) is 0. The first-order valence-corrected chi connectivity index (χ1v) is 7.67. The van der Waals surface area contributed by atoms with Gasteiger partial charge in [-0.2, -0.15) is 5.10 Å². The van der Waals surface area contributed by atoms with Crippen molar-refractivity contribution in [3.05, 3.63) is 53.3 Å². The van der Waals surface area contributed by atoms with E-state index in [2.05, 4.69) is 36.4 Å². The van der Waals surface area contributed by atoms with E-state index in [1.54, 1.807) is 17.1 Å². The molecule has 0 spiro atoms. The molecule has 0 aliphatic carbocycles. The van der Waals surface area contributed by atoms with Crippen molar-refractivity contribution in [3.8, 4) is 0 Å². The lowest BCUT2D eigenvalue weighted by molar-refractivity contribution is 0.0951. The summed E-state index contributed by atoms with van der Waals surface area (Å²) < 4.78 is 1.72. The van der Waals surface area contributed by atoms with Crippen LogP contribution >= 0.6 is 0 Å². The summed E-state index contributed by atoms with van der Waals surface area (Å²) in [5, 5.41) is 6.95. The average molecular weight is 300 g/mol. The number of carbonyl (C=O) groups excluding carboxylic acids is 1. The molecule has 1 aromatic heterocycles. The van der Waals surface area contributed by atoms with Gasteiger partial charge in [-0.05, 0) is 24.0 Å². The van der Waals surface area contributed by atoms with E-state index in [0.29, 0.717) is 18.0 Å². The third-order valence-electron chi connectivity index (χ3n) is 3.73. The molecule has 0 saturated heterocycles. The Bertz CT molecular complexity index is 616. The second-order valence-corrected chi connectivity index (χ2v) is 5.72. The summed E-state index contributed by atoms with van der Waals surface area (Å²) in [6.45, 7) is 7.44. The Morgan fingerprint density at radius 1 is 1.27 bits per heavy atom. The maximum Gasteiger partial charge on any atom is 0.254 e. The quantitative estimate of drug-likeness (QED) is 0.860. The van der Waals surface area contributed by atoms with Gasteiger partial charge < -0.3 is 11.1 Å². The summed E-state index contributed by atoms with van der Waals surface area (Å²) >= 11 is 0. The minimum Gasteiger partial charge on any atom is -0.350 e. The molecule has 0 saturated carbocycles. The molecule has 118 valence electrons. The lowest BCUT2D eigenvalue weighted by atomic mass is 9.99. The van der Waals surface area contributed by atoms with E-state index in [1.165, 1.54) is 5.56 Å². The van der Waals surface area contributed by atoms with Gasteiger partial charge in [0.25, 0.3) is 5.91 Å². The minimum atomic E-state index is -0.216. The maximum atomic E-state index is 12.0.